The predicted octanol–water partition coefficient (Wildman–Crippen LogP) is 4.82. The fourth-order valence-electron chi connectivity index (χ4n) is 4.20. The molecular weight excluding hydrogens is 428 g/mol. The van der Waals surface area contributed by atoms with E-state index in [1.807, 2.05) is 42.5 Å². The van der Waals surface area contributed by atoms with Gasteiger partial charge in [0.15, 0.2) is 0 Å². The van der Waals surface area contributed by atoms with Gasteiger partial charge in [0.05, 0.1) is 7.11 Å². The van der Waals surface area contributed by atoms with Crippen LogP contribution in [0.4, 0.5) is 5.69 Å². The summed E-state index contributed by atoms with van der Waals surface area (Å²) in [5.41, 5.74) is 4.56. The maximum absolute atomic E-state index is 12.9. The van der Waals surface area contributed by atoms with Gasteiger partial charge in [0.1, 0.15) is 17.3 Å². The van der Waals surface area contributed by atoms with E-state index in [-0.39, 0.29) is 11.3 Å². The monoisotopic (exact) mass is 452 g/mol. The van der Waals surface area contributed by atoms with Crippen LogP contribution in [0.25, 0.3) is 21.8 Å². The Morgan fingerprint density at radius 1 is 1.00 bits per heavy atom. The standard InChI is InChI=1S/C27H24N4O3/c1-3-17-5-4-6-21-20-12-9-18(14-22(20)30-26(17)21)28-27(33)23-15-25(32)31-24(29-23)13-16-7-10-19(34-2)11-8-16/h4-12,14-15,30H,3,13H2,1-2H3,(H,28,33)(H,29,31,32). The zero-order valence-corrected chi connectivity index (χ0v) is 18.9. The zero-order valence-electron chi connectivity index (χ0n) is 18.9. The lowest BCUT2D eigenvalue weighted by Gasteiger charge is -2.07. The highest BCUT2D eigenvalue weighted by molar-refractivity contribution is 6.10. The summed E-state index contributed by atoms with van der Waals surface area (Å²) in [5.74, 6) is 0.726. The SMILES string of the molecule is CCc1cccc2c1[nH]c1cc(NC(=O)c3cc(=O)[nH]c(Cc4ccc(OC)cc4)n3)ccc12. The van der Waals surface area contributed by atoms with Gasteiger partial charge in [-0.15, -0.1) is 0 Å². The molecule has 0 radical (unpaired) electrons. The number of hydrogen-bond donors (Lipinski definition) is 3. The normalized spacial score (nSPS) is 11.1. The first-order chi connectivity index (χ1) is 16.5. The largest absolute Gasteiger partial charge is 0.497 e. The highest BCUT2D eigenvalue weighted by Crippen LogP contribution is 2.29. The minimum atomic E-state index is -0.438. The number of carbonyl (C=O) groups is 1. The topological polar surface area (TPSA) is 99.9 Å². The van der Waals surface area contributed by atoms with Crippen LogP contribution < -0.4 is 15.6 Å². The number of anilines is 1. The summed E-state index contributed by atoms with van der Waals surface area (Å²) in [5, 5.41) is 5.12. The molecule has 1 amide bonds. The lowest BCUT2D eigenvalue weighted by Crippen LogP contribution is -2.20. The van der Waals surface area contributed by atoms with E-state index in [1.165, 1.54) is 11.6 Å². The minimum Gasteiger partial charge on any atom is -0.497 e. The van der Waals surface area contributed by atoms with Crippen LogP contribution in [-0.2, 0) is 12.8 Å². The summed E-state index contributed by atoms with van der Waals surface area (Å²) in [6.45, 7) is 2.13. The molecule has 0 unspecified atom stereocenters. The zero-order chi connectivity index (χ0) is 23.7. The summed E-state index contributed by atoms with van der Waals surface area (Å²) in [6, 6.07) is 20.7. The molecule has 5 aromatic rings. The van der Waals surface area contributed by atoms with Gasteiger partial charge in [-0.3, -0.25) is 9.59 Å². The van der Waals surface area contributed by atoms with Gasteiger partial charge in [0.25, 0.3) is 11.5 Å². The van der Waals surface area contributed by atoms with Crippen molar-refractivity contribution in [1.82, 2.24) is 15.0 Å². The molecule has 7 heteroatoms. The Morgan fingerprint density at radius 2 is 1.82 bits per heavy atom. The number of aromatic nitrogens is 3. The molecule has 5 rings (SSSR count). The fourth-order valence-corrected chi connectivity index (χ4v) is 4.20. The average Bonchev–Trinajstić information content (AvgIpc) is 3.22. The number of amides is 1. The van der Waals surface area contributed by atoms with Gasteiger partial charge >= 0.3 is 0 Å². The number of H-pyrrole nitrogens is 2. The smallest absolute Gasteiger partial charge is 0.274 e. The summed E-state index contributed by atoms with van der Waals surface area (Å²) in [6.07, 6.45) is 1.32. The third-order valence-corrected chi connectivity index (χ3v) is 5.91. The Balaban J connectivity index is 1.40. The molecule has 2 aromatic heterocycles. The highest BCUT2D eigenvalue weighted by atomic mass is 16.5. The molecule has 0 fully saturated rings. The summed E-state index contributed by atoms with van der Waals surface area (Å²) in [4.78, 5) is 35.7. The van der Waals surface area contributed by atoms with E-state index in [4.69, 9.17) is 4.74 Å². The molecule has 0 aliphatic carbocycles. The van der Waals surface area contributed by atoms with Crippen molar-refractivity contribution in [2.24, 2.45) is 0 Å². The number of carbonyl (C=O) groups excluding carboxylic acids is 1. The van der Waals surface area contributed by atoms with Crippen LogP contribution >= 0.6 is 0 Å². The molecule has 0 bridgehead atoms. The molecule has 0 aliphatic heterocycles. The van der Waals surface area contributed by atoms with Crippen LogP contribution in [0.2, 0.25) is 0 Å². The number of rotatable bonds is 6. The maximum atomic E-state index is 12.9. The number of aryl methyl sites for hydroxylation is 1. The van der Waals surface area contributed by atoms with Gasteiger partial charge in [-0.1, -0.05) is 43.3 Å². The number of nitrogens with zero attached hydrogens (tertiary/aromatic N) is 1. The molecule has 3 aromatic carbocycles. The molecule has 7 nitrogen and oxygen atoms in total. The molecule has 0 atom stereocenters. The Morgan fingerprint density at radius 3 is 2.59 bits per heavy atom. The van der Waals surface area contributed by atoms with E-state index >= 15 is 0 Å². The number of aromatic amines is 2. The molecule has 0 aliphatic rings. The maximum Gasteiger partial charge on any atom is 0.274 e. The van der Waals surface area contributed by atoms with Gasteiger partial charge in [-0.05, 0) is 41.8 Å². The predicted molar refractivity (Wildman–Crippen MR) is 134 cm³/mol. The van der Waals surface area contributed by atoms with Crippen LogP contribution in [0.3, 0.4) is 0 Å². The molecule has 0 saturated heterocycles. The van der Waals surface area contributed by atoms with Crippen molar-refractivity contribution in [3.63, 3.8) is 0 Å². The lowest BCUT2D eigenvalue weighted by atomic mass is 10.1. The van der Waals surface area contributed by atoms with Crippen LogP contribution in [0, 0.1) is 0 Å². The summed E-state index contributed by atoms with van der Waals surface area (Å²) >= 11 is 0. The Bertz CT molecular complexity index is 1570. The van der Waals surface area contributed by atoms with E-state index < -0.39 is 5.91 Å². The number of nitrogens with one attached hydrogen (secondary N) is 3. The van der Waals surface area contributed by atoms with Gasteiger partial charge < -0.3 is 20.0 Å². The highest BCUT2D eigenvalue weighted by Gasteiger charge is 2.13. The van der Waals surface area contributed by atoms with E-state index in [0.29, 0.717) is 17.9 Å². The van der Waals surface area contributed by atoms with Crippen molar-refractivity contribution >= 4 is 33.4 Å². The van der Waals surface area contributed by atoms with Crippen LogP contribution in [0.15, 0.2) is 71.5 Å². The van der Waals surface area contributed by atoms with E-state index in [2.05, 4.69) is 45.4 Å². The molecule has 2 heterocycles. The number of para-hydroxylation sites is 1. The second-order valence-electron chi connectivity index (χ2n) is 8.13. The van der Waals surface area contributed by atoms with Crippen molar-refractivity contribution in [3.05, 3.63) is 99.7 Å². The van der Waals surface area contributed by atoms with Gasteiger partial charge in [0, 0.05) is 40.0 Å². The molecule has 170 valence electrons. The number of fused-ring (bicyclic) bond motifs is 3. The second kappa shape index (κ2) is 8.86. The van der Waals surface area contributed by atoms with Crippen molar-refractivity contribution in [1.29, 1.82) is 0 Å². The quantitative estimate of drug-likeness (QED) is 0.344. The van der Waals surface area contributed by atoms with Crippen LogP contribution in [0.5, 0.6) is 5.75 Å². The number of methoxy groups -OCH3 is 1. The van der Waals surface area contributed by atoms with Crippen molar-refractivity contribution in [2.45, 2.75) is 19.8 Å². The first kappa shape index (κ1) is 21.5. The molecule has 3 N–H and O–H groups in total. The Labute approximate surface area is 195 Å². The van der Waals surface area contributed by atoms with Gasteiger partial charge in [-0.2, -0.15) is 0 Å². The molecule has 0 spiro atoms. The van der Waals surface area contributed by atoms with E-state index in [1.54, 1.807) is 7.11 Å². The first-order valence-electron chi connectivity index (χ1n) is 11.1. The number of ether oxygens (including phenoxy) is 1. The van der Waals surface area contributed by atoms with Gasteiger partial charge in [-0.25, -0.2) is 4.98 Å². The average molecular weight is 453 g/mol. The summed E-state index contributed by atoms with van der Waals surface area (Å²) < 4.78 is 5.17. The summed E-state index contributed by atoms with van der Waals surface area (Å²) in [7, 11) is 1.61. The van der Waals surface area contributed by atoms with Crippen LogP contribution in [0.1, 0.15) is 34.4 Å². The number of hydrogen-bond acceptors (Lipinski definition) is 4. The van der Waals surface area contributed by atoms with Gasteiger partial charge in [0.2, 0.25) is 0 Å². The lowest BCUT2D eigenvalue weighted by molar-refractivity contribution is 0.102. The minimum absolute atomic E-state index is 0.0669. The molecule has 0 saturated carbocycles. The van der Waals surface area contributed by atoms with Crippen molar-refractivity contribution in [2.75, 3.05) is 12.4 Å². The van der Waals surface area contributed by atoms with Crippen molar-refractivity contribution in [3.8, 4) is 5.75 Å². The Kier molecular flexibility index (Phi) is 5.59. The Hall–Kier alpha value is -4.39. The third kappa shape index (κ3) is 4.15. The van der Waals surface area contributed by atoms with Crippen molar-refractivity contribution < 1.29 is 9.53 Å². The molecule has 34 heavy (non-hydrogen) atoms. The molecular formula is C27H24N4O3. The third-order valence-electron chi connectivity index (χ3n) is 5.91. The second-order valence-corrected chi connectivity index (χ2v) is 8.13. The first-order valence-corrected chi connectivity index (χ1v) is 11.1. The van der Waals surface area contributed by atoms with E-state index in [0.717, 1.165) is 39.5 Å². The van der Waals surface area contributed by atoms with Crippen LogP contribution in [-0.4, -0.2) is 28.0 Å². The fraction of sp³-hybridized carbons (Fsp3) is 0.148. The van der Waals surface area contributed by atoms with E-state index in [9.17, 15) is 9.59 Å². The number of benzene rings is 3.